The first-order valence-electron chi connectivity index (χ1n) is 10.1. The van der Waals surface area contributed by atoms with E-state index >= 15 is 0 Å². The van der Waals surface area contributed by atoms with Crippen LogP contribution in [0.2, 0.25) is 0 Å². The van der Waals surface area contributed by atoms with Crippen LogP contribution >= 0.6 is 12.6 Å². The van der Waals surface area contributed by atoms with Gasteiger partial charge in [-0.2, -0.15) is 12.6 Å². The number of benzene rings is 2. The van der Waals surface area contributed by atoms with Crippen LogP contribution in [0.4, 0.5) is 10.5 Å². The highest BCUT2D eigenvalue weighted by Gasteiger charge is 2.22. The van der Waals surface area contributed by atoms with Crippen molar-refractivity contribution in [2.75, 3.05) is 37.7 Å². The lowest BCUT2D eigenvalue weighted by Crippen LogP contribution is -2.19. The summed E-state index contributed by atoms with van der Waals surface area (Å²) in [5.41, 5.74) is 1.13. The number of anilines is 1. The summed E-state index contributed by atoms with van der Waals surface area (Å²) in [6.07, 6.45) is -0.504. The number of fused-ring (bicyclic) bond motifs is 1. The van der Waals surface area contributed by atoms with Crippen LogP contribution in [0.5, 0.6) is 17.2 Å². The van der Waals surface area contributed by atoms with Gasteiger partial charge in [0.1, 0.15) is 18.5 Å². The summed E-state index contributed by atoms with van der Waals surface area (Å²) in [4.78, 5) is 23.9. The maximum absolute atomic E-state index is 12.6. The first-order valence-corrected chi connectivity index (χ1v) is 10.7. The zero-order valence-corrected chi connectivity index (χ0v) is 18.2. The van der Waals surface area contributed by atoms with Gasteiger partial charge < -0.3 is 28.8 Å². The van der Waals surface area contributed by atoms with E-state index < -0.39 is 18.2 Å². The number of aliphatic hydroxyl groups is 1. The van der Waals surface area contributed by atoms with Crippen molar-refractivity contribution in [1.29, 1.82) is 0 Å². The molecule has 172 valence electrons. The Morgan fingerprint density at radius 2 is 1.94 bits per heavy atom. The highest BCUT2D eigenvalue weighted by atomic mass is 32.1. The van der Waals surface area contributed by atoms with Gasteiger partial charge in [0.05, 0.1) is 19.0 Å². The summed E-state index contributed by atoms with van der Waals surface area (Å²) >= 11 is 3.87. The molecule has 0 saturated carbocycles. The zero-order valence-electron chi connectivity index (χ0n) is 17.3. The lowest BCUT2D eigenvalue weighted by Gasteiger charge is -2.21. The van der Waals surface area contributed by atoms with Crippen molar-refractivity contribution in [3.05, 3.63) is 48.0 Å². The first kappa shape index (κ1) is 23.6. The smallest absolute Gasteiger partial charge is 0.412 e. The number of esters is 1. The average Bonchev–Trinajstić information content (AvgIpc) is 3.27. The number of para-hydroxylation sites is 1. The zero-order chi connectivity index (χ0) is 22.8. The molecule has 0 fully saturated rings. The lowest BCUT2D eigenvalue weighted by molar-refractivity contribution is -0.140. The minimum absolute atomic E-state index is 0.00427. The number of carbonyl (C=O) groups is 2. The number of aliphatic hydroxyl groups excluding tert-OH is 1. The normalized spacial score (nSPS) is 12.7. The van der Waals surface area contributed by atoms with E-state index in [2.05, 4.69) is 17.9 Å². The van der Waals surface area contributed by atoms with Gasteiger partial charge in [-0.05, 0) is 31.0 Å². The fourth-order valence-electron chi connectivity index (χ4n) is 3.06. The molecular formula is C22H25NO8S. The Labute approximate surface area is 191 Å². The number of ether oxygens (including phenoxy) is 5. The van der Waals surface area contributed by atoms with Crippen molar-refractivity contribution in [1.82, 2.24) is 0 Å². The summed E-state index contributed by atoms with van der Waals surface area (Å²) in [5, 5.41) is 11.8. The predicted octanol–water partition coefficient (Wildman–Crippen LogP) is 3.33. The molecular weight excluding hydrogens is 438 g/mol. The number of hydrogen-bond acceptors (Lipinski definition) is 9. The summed E-state index contributed by atoms with van der Waals surface area (Å²) in [6, 6.07) is 12.1. The molecule has 3 rings (SSSR count). The molecule has 1 aliphatic heterocycles. The lowest BCUT2D eigenvalue weighted by atomic mass is 10.0. The van der Waals surface area contributed by atoms with Gasteiger partial charge in [0.25, 0.3) is 0 Å². The third kappa shape index (κ3) is 6.69. The van der Waals surface area contributed by atoms with Gasteiger partial charge in [0.2, 0.25) is 6.79 Å². The van der Waals surface area contributed by atoms with Gasteiger partial charge in [-0.3, -0.25) is 10.1 Å². The summed E-state index contributed by atoms with van der Waals surface area (Å²) in [5.74, 6) is 1.21. The van der Waals surface area contributed by atoms with Crippen molar-refractivity contribution in [3.63, 3.8) is 0 Å². The minimum Gasteiger partial charge on any atom is -0.491 e. The van der Waals surface area contributed by atoms with E-state index in [0.29, 0.717) is 41.3 Å². The van der Waals surface area contributed by atoms with E-state index in [9.17, 15) is 9.59 Å². The minimum atomic E-state index is -0.673. The SMILES string of the molecule is O=C(CS)OCCC[C@H](OC(=O)Nc1ccc2c(c1)OCO2)c1ccccc1OCCO. The molecule has 1 heterocycles. The molecule has 0 bridgehead atoms. The second-order valence-electron chi connectivity index (χ2n) is 6.72. The fourth-order valence-corrected chi connectivity index (χ4v) is 3.15. The number of thiol groups is 1. The van der Waals surface area contributed by atoms with Crippen molar-refractivity contribution >= 4 is 30.4 Å². The second kappa shape index (κ2) is 12.1. The highest BCUT2D eigenvalue weighted by Crippen LogP contribution is 2.35. The molecule has 10 heteroatoms. The van der Waals surface area contributed by atoms with E-state index in [1.165, 1.54) is 0 Å². The van der Waals surface area contributed by atoms with Gasteiger partial charge in [0, 0.05) is 17.3 Å². The molecule has 2 N–H and O–H groups in total. The molecule has 2 aromatic rings. The van der Waals surface area contributed by atoms with Gasteiger partial charge in [0.15, 0.2) is 11.5 Å². The third-order valence-electron chi connectivity index (χ3n) is 4.49. The number of nitrogens with one attached hydrogen (secondary N) is 1. The van der Waals surface area contributed by atoms with Crippen molar-refractivity contribution < 1.29 is 38.4 Å². The molecule has 32 heavy (non-hydrogen) atoms. The average molecular weight is 464 g/mol. The van der Waals surface area contributed by atoms with E-state index in [-0.39, 0.29) is 32.4 Å². The van der Waals surface area contributed by atoms with Crippen LogP contribution in [0.15, 0.2) is 42.5 Å². The topological polar surface area (TPSA) is 113 Å². The van der Waals surface area contributed by atoms with E-state index in [4.69, 9.17) is 28.8 Å². The van der Waals surface area contributed by atoms with Crippen LogP contribution in [-0.2, 0) is 14.3 Å². The Morgan fingerprint density at radius 3 is 2.75 bits per heavy atom. The van der Waals surface area contributed by atoms with Crippen molar-refractivity contribution in [2.45, 2.75) is 18.9 Å². The fraction of sp³-hybridized carbons (Fsp3) is 0.364. The number of hydrogen-bond donors (Lipinski definition) is 3. The number of rotatable bonds is 11. The Balaban J connectivity index is 1.68. The van der Waals surface area contributed by atoms with Crippen molar-refractivity contribution in [3.8, 4) is 17.2 Å². The van der Waals surface area contributed by atoms with Crippen LogP contribution in [0.3, 0.4) is 0 Å². The maximum Gasteiger partial charge on any atom is 0.412 e. The second-order valence-corrected chi connectivity index (χ2v) is 7.03. The van der Waals surface area contributed by atoms with E-state index in [0.717, 1.165) is 0 Å². The molecule has 2 aromatic carbocycles. The van der Waals surface area contributed by atoms with Gasteiger partial charge >= 0.3 is 12.1 Å². The molecule has 0 spiro atoms. The van der Waals surface area contributed by atoms with Gasteiger partial charge in [-0.15, -0.1) is 0 Å². The van der Waals surface area contributed by atoms with Crippen LogP contribution in [0.1, 0.15) is 24.5 Å². The van der Waals surface area contributed by atoms with E-state index in [1.807, 2.05) is 0 Å². The van der Waals surface area contributed by atoms with Crippen LogP contribution < -0.4 is 19.5 Å². The predicted molar refractivity (Wildman–Crippen MR) is 118 cm³/mol. The third-order valence-corrected chi connectivity index (χ3v) is 4.74. The first-order chi connectivity index (χ1) is 15.6. The monoisotopic (exact) mass is 463 g/mol. The van der Waals surface area contributed by atoms with Gasteiger partial charge in [-0.25, -0.2) is 4.79 Å². The quantitative estimate of drug-likeness (QED) is 0.264. The largest absolute Gasteiger partial charge is 0.491 e. The number of carbonyl (C=O) groups excluding carboxylic acids is 2. The maximum atomic E-state index is 12.6. The Bertz CT molecular complexity index is 923. The molecule has 0 aromatic heterocycles. The molecule has 0 radical (unpaired) electrons. The van der Waals surface area contributed by atoms with Crippen LogP contribution in [-0.4, -0.2) is 49.5 Å². The molecule has 0 saturated heterocycles. The summed E-state index contributed by atoms with van der Waals surface area (Å²) in [6.45, 7) is 0.257. The standard InChI is InChI=1S/C22H25NO8S/c24-9-11-27-17-5-2-1-4-16(17)18(6-3-10-28-21(25)13-32)31-22(26)23-15-7-8-19-20(12-15)30-14-29-19/h1-2,4-5,7-8,12,18,24,32H,3,6,9-11,13-14H2,(H,23,26)/t18-/m0/s1. The van der Waals surface area contributed by atoms with Crippen molar-refractivity contribution in [2.24, 2.45) is 0 Å². The molecule has 0 unspecified atom stereocenters. The molecule has 0 aliphatic carbocycles. The molecule has 1 amide bonds. The summed E-state index contributed by atoms with van der Waals surface area (Å²) in [7, 11) is 0. The Hall–Kier alpha value is -3.11. The molecule has 1 atom stereocenters. The number of amides is 1. The Morgan fingerprint density at radius 1 is 1.12 bits per heavy atom. The molecule has 9 nitrogen and oxygen atoms in total. The van der Waals surface area contributed by atoms with E-state index in [1.54, 1.807) is 42.5 Å². The van der Waals surface area contributed by atoms with Crippen LogP contribution in [0.25, 0.3) is 0 Å². The van der Waals surface area contributed by atoms with Gasteiger partial charge in [-0.1, -0.05) is 18.2 Å². The Kier molecular flexibility index (Phi) is 8.88. The summed E-state index contributed by atoms with van der Waals surface area (Å²) < 4.78 is 26.9. The highest BCUT2D eigenvalue weighted by molar-refractivity contribution is 7.81. The van der Waals surface area contributed by atoms with Crippen LogP contribution in [0, 0.1) is 0 Å². The molecule has 1 aliphatic rings.